The molecule has 2 aromatic heterocycles. The second kappa shape index (κ2) is 8.11. The molecule has 0 saturated carbocycles. The first-order valence-electron chi connectivity index (χ1n) is 10.9. The van der Waals surface area contributed by atoms with E-state index in [-0.39, 0.29) is 18.5 Å². The Kier molecular flexibility index (Phi) is 5.29. The van der Waals surface area contributed by atoms with Crippen LogP contribution in [0.1, 0.15) is 36.7 Å². The topological polar surface area (TPSA) is 84.7 Å². The molecule has 0 aliphatic carbocycles. The minimum atomic E-state index is -0.196. The van der Waals surface area contributed by atoms with Crippen LogP contribution in [-0.2, 0) is 16.0 Å². The number of aryl methyl sites for hydroxylation is 2. The number of aromatic nitrogens is 3. The Hall–Kier alpha value is -2.68. The predicted molar refractivity (Wildman–Crippen MR) is 118 cm³/mol. The Morgan fingerprint density at radius 3 is 2.61 bits per heavy atom. The van der Waals surface area contributed by atoms with E-state index in [1.165, 1.54) is 0 Å². The molecule has 0 unspecified atom stereocenters. The summed E-state index contributed by atoms with van der Waals surface area (Å²) in [5.41, 5.74) is 4.68. The average Bonchev–Trinajstić information content (AvgIpc) is 3.07. The molecule has 2 fully saturated rings. The number of imidazole rings is 1. The van der Waals surface area contributed by atoms with Crippen LogP contribution in [0.3, 0.4) is 0 Å². The lowest BCUT2D eigenvalue weighted by atomic mass is 10.1. The third-order valence-electron chi connectivity index (χ3n) is 6.14. The van der Waals surface area contributed by atoms with Crippen molar-refractivity contribution in [2.45, 2.75) is 58.9 Å². The van der Waals surface area contributed by atoms with Crippen molar-refractivity contribution in [2.24, 2.45) is 0 Å². The second-order valence-electron chi connectivity index (χ2n) is 8.48. The van der Waals surface area contributed by atoms with Gasteiger partial charge in [-0.25, -0.2) is 4.98 Å². The number of nitrogens with one attached hydrogen (secondary N) is 1. The van der Waals surface area contributed by atoms with Gasteiger partial charge in [-0.15, -0.1) is 0 Å². The highest BCUT2D eigenvalue weighted by Gasteiger charge is 2.35. The first kappa shape index (κ1) is 20.2. The molecule has 8 nitrogen and oxygen atoms in total. The molecule has 2 aliphatic rings. The van der Waals surface area contributed by atoms with Gasteiger partial charge in [0.05, 0.1) is 17.6 Å². The Labute approximate surface area is 181 Å². The minimum Gasteiger partial charge on any atom is -0.506 e. The van der Waals surface area contributed by atoms with Gasteiger partial charge in [0.15, 0.2) is 6.29 Å². The molecule has 0 spiro atoms. The molecule has 2 N–H and O–H groups in total. The normalized spacial score (nSPS) is 22.5. The Balaban J connectivity index is 1.39. The maximum atomic E-state index is 10.4. The molecule has 164 valence electrons. The van der Waals surface area contributed by atoms with E-state index in [0.29, 0.717) is 18.3 Å². The maximum absolute atomic E-state index is 10.4. The van der Waals surface area contributed by atoms with Crippen molar-refractivity contribution in [3.05, 3.63) is 47.3 Å². The van der Waals surface area contributed by atoms with Gasteiger partial charge in [-0.05, 0) is 57.4 Å². The van der Waals surface area contributed by atoms with Gasteiger partial charge in [-0.2, -0.15) is 0 Å². The SMILES string of the molecule is Cc1ccc(O)c(Cn2c(NC3CCN(C4OC(C)O4)CC3)nc3cccc(C)c32)n1. The van der Waals surface area contributed by atoms with Crippen LogP contribution in [-0.4, -0.2) is 56.4 Å². The third-order valence-corrected chi connectivity index (χ3v) is 6.14. The van der Waals surface area contributed by atoms with E-state index in [1.807, 2.05) is 32.0 Å². The molecule has 31 heavy (non-hydrogen) atoms. The highest BCUT2D eigenvalue weighted by molar-refractivity contribution is 5.82. The van der Waals surface area contributed by atoms with Crippen LogP contribution in [0.2, 0.25) is 0 Å². The van der Waals surface area contributed by atoms with Gasteiger partial charge >= 0.3 is 0 Å². The monoisotopic (exact) mass is 423 g/mol. The van der Waals surface area contributed by atoms with Gasteiger partial charge in [0, 0.05) is 24.8 Å². The van der Waals surface area contributed by atoms with Gasteiger partial charge in [-0.3, -0.25) is 9.88 Å². The molecule has 2 saturated heterocycles. The van der Waals surface area contributed by atoms with E-state index in [1.54, 1.807) is 6.07 Å². The average molecular weight is 424 g/mol. The summed E-state index contributed by atoms with van der Waals surface area (Å²) in [6.07, 6.45) is 1.66. The number of aromatic hydroxyl groups is 1. The summed E-state index contributed by atoms with van der Waals surface area (Å²) in [6, 6.07) is 9.98. The van der Waals surface area contributed by atoms with E-state index >= 15 is 0 Å². The number of fused-ring (bicyclic) bond motifs is 1. The quantitative estimate of drug-likeness (QED) is 0.651. The number of rotatable bonds is 5. The summed E-state index contributed by atoms with van der Waals surface area (Å²) >= 11 is 0. The van der Waals surface area contributed by atoms with E-state index in [0.717, 1.165) is 54.2 Å². The van der Waals surface area contributed by atoms with Crippen molar-refractivity contribution in [3.8, 4) is 5.75 Å². The largest absolute Gasteiger partial charge is 0.506 e. The molecule has 3 aromatic rings. The number of nitrogens with zero attached hydrogens (tertiary/aromatic N) is 4. The molecular weight excluding hydrogens is 394 g/mol. The fourth-order valence-electron chi connectivity index (χ4n) is 4.45. The van der Waals surface area contributed by atoms with Crippen molar-refractivity contribution in [3.63, 3.8) is 0 Å². The summed E-state index contributed by atoms with van der Waals surface area (Å²) < 4.78 is 13.4. The number of ether oxygens (including phenoxy) is 2. The fourth-order valence-corrected chi connectivity index (χ4v) is 4.45. The second-order valence-corrected chi connectivity index (χ2v) is 8.48. The lowest BCUT2D eigenvalue weighted by Gasteiger charge is -2.43. The lowest BCUT2D eigenvalue weighted by Crippen LogP contribution is -2.54. The number of para-hydroxylation sites is 1. The zero-order chi connectivity index (χ0) is 21.5. The Morgan fingerprint density at radius 2 is 1.87 bits per heavy atom. The number of piperidine rings is 1. The summed E-state index contributed by atoms with van der Waals surface area (Å²) in [5, 5.41) is 14.0. The molecular formula is C23H29N5O3. The molecule has 0 atom stereocenters. The van der Waals surface area contributed by atoms with Crippen LogP contribution >= 0.6 is 0 Å². The number of likely N-dealkylation sites (tertiary alicyclic amines) is 1. The van der Waals surface area contributed by atoms with Gasteiger partial charge in [0.1, 0.15) is 11.4 Å². The molecule has 0 bridgehead atoms. The van der Waals surface area contributed by atoms with Crippen molar-refractivity contribution in [2.75, 3.05) is 18.4 Å². The molecule has 4 heterocycles. The smallest absolute Gasteiger partial charge is 0.223 e. The van der Waals surface area contributed by atoms with Crippen LogP contribution in [0.4, 0.5) is 5.95 Å². The van der Waals surface area contributed by atoms with Crippen molar-refractivity contribution in [1.29, 1.82) is 0 Å². The zero-order valence-electron chi connectivity index (χ0n) is 18.2. The van der Waals surface area contributed by atoms with Gasteiger partial charge in [0.2, 0.25) is 12.4 Å². The lowest BCUT2D eigenvalue weighted by molar-refractivity contribution is -0.423. The molecule has 0 amide bonds. The summed E-state index contributed by atoms with van der Waals surface area (Å²) in [7, 11) is 0. The Morgan fingerprint density at radius 1 is 1.10 bits per heavy atom. The van der Waals surface area contributed by atoms with Crippen LogP contribution in [0, 0.1) is 13.8 Å². The summed E-state index contributed by atoms with van der Waals surface area (Å²) in [6.45, 7) is 8.22. The number of pyridine rings is 1. The molecule has 8 heteroatoms. The van der Waals surface area contributed by atoms with Crippen LogP contribution < -0.4 is 5.32 Å². The first-order valence-corrected chi connectivity index (χ1v) is 10.9. The number of hydrogen-bond acceptors (Lipinski definition) is 7. The van der Waals surface area contributed by atoms with Gasteiger partial charge < -0.3 is 24.5 Å². The number of benzene rings is 1. The van der Waals surface area contributed by atoms with Crippen LogP contribution in [0.5, 0.6) is 5.75 Å². The minimum absolute atomic E-state index is 0.101. The predicted octanol–water partition coefficient (Wildman–Crippen LogP) is 3.35. The van der Waals surface area contributed by atoms with Gasteiger partial charge in [0.25, 0.3) is 0 Å². The van der Waals surface area contributed by atoms with E-state index in [2.05, 4.69) is 32.8 Å². The van der Waals surface area contributed by atoms with E-state index in [4.69, 9.17) is 14.5 Å². The summed E-state index contributed by atoms with van der Waals surface area (Å²) in [4.78, 5) is 11.7. The van der Waals surface area contributed by atoms with Crippen LogP contribution in [0.25, 0.3) is 11.0 Å². The summed E-state index contributed by atoms with van der Waals surface area (Å²) in [5.74, 6) is 1.02. The highest BCUT2D eigenvalue weighted by Crippen LogP contribution is 2.29. The van der Waals surface area contributed by atoms with Crippen molar-refractivity contribution >= 4 is 17.0 Å². The maximum Gasteiger partial charge on any atom is 0.223 e. The highest BCUT2D eigenvalue weighted by atomic mass is 16.9. The van der Waals surface area contributed by atoms with E-state index < -0.39 is 0 Å². The van der Waals surface area contributed by atoms with Crippen molar-refractivity contribution < 1.29 is 14.6 Å². The first-order chi connectivity index (χ1) is 15.0. The van der Waals surface area contributed by atoms with Crippen molar-refractivity contribution in [1.82, 2.24) is 19.4 Å². The third kappa shape index (κ3) is 3.98. The number of anilines is 1. The number of hydrogen-bond donors (Lipinski definition) is 2. The van der Waals surface area contributed by atoms with Crippen LogP contribution in [0.15, 0.2) is 30.3 Å². The standard InChI is InChI=1S/C23H29N5O3/c1-14-5-4-6-18-21(14)28(13-19-20(29)8-7-15(2)24-19)22(26-18)25-17-9-11-27(12-10-17)23-30-16(3)31-23/h4-8,16-17,23,29H,9-13H2,1-3H3,(H,25,26). The molecule has 0 radical (unpaired) electrons. The Bertz CT molecular complexity index is 1080. The zero-order valence-corrected chi connectivity index (χ0v) is 18.2. The fraction of sp³-hybridized carbons (Fsp3) is 0.478. The molecule has 1 aromatic carbocycles. The van der Waals surface area contributed by atoms with Gasteiger partial charge in [-0.1, -0.05) is 12.1 Å². The molecule has 5 rings (SSSR count). The van der Waals surface area contributed by atoms with E-state index in [9.17, 15) is 5.11 Å². The molecule has 2 aliphatic heterocycles.